The van der Waals surface area contributed by atoms with Gasteiger partial charge in [-0.3, -0.25) is 14.3 Å². The molecule has 1 saturated carbocycles. The normalized spacial score (nSPS) is 16.1. The molecule has 35 heavy (non-hydrogen) atoms. The Morgan fingerprint density at radius 3 is 2.60 bits per heavy atom. The van der Waals surface area contributed by atoms with E-state index in [1.54, 1.807) is 11.9 Å². The predicted molar refractivity (Wildman–Crippen MR) is 131 cm³/mol. The number of rotatable bonds is 6. The Bertz CT molecular complexity index is 1410. The number of fused-ring (bicyclic) bond motifs is 1. The number of Topliss-reactive ketones (excluding diaryl/α,β-unsaturated/α-hetero) is 1. The second kappa shape index (κ2) is 8.78. The van der Waals surface area contributed by atoms with Gasteiger partial charge in [0.05, 0.1) is 30.7 Å². The lowest BCUT2D eigenvalue weighted by Crippen LogP contribution is -2.41. The fraction of sp³-hybridized carbons (Fsp3) is 0.333. The molecule has 0 N–H and O–H groups in total. The first-order chi connectivity index (χ1) is 17.1. The van der Waals surface area contributed by atoms with Crippen molar-refractivity contribution in [3.8, 4) is 11.3 Å². The van der Waals surface area contributed by atoms with Gasteiger partial charge in [-0.15, -0.1) is 0 Å². The zero-order valence-electron chi connectivity index (χ0n) is 19.7. The summed E-state index contributed by atoms with van der Waals surface area (Å²) in [4.78, 5) is 33.3. The molecule has 4 heterocycles. The molecule has 178 valence electrons. The maximum atomic E-state index is 13.6. The number of aromatic nitrogens is 4. The molecule has 0 radical (unpaired) electrons. The van der Waals surface area contributed by atoms with Crippen molar-refractivity contribution >= 4 is 17.3 Å². The smallest absolute Gasteiger partial charge is 0.257 e. The molecule has 1 aliphatic carbocycles. The summed E-state index contributed by atoms with van der Waals surface area (Å²) in [5, 5.41) is 4.25. The van der Waals surface area contributed by atoms with Gasteiger partial charge >= 0.3 is 0 Å². The number of morpholine rings is 1. The van der Waals surface area contributed by atoms with Crippen LogP contribution < -0.4 is 0 Å². The molecule has 4 aromatic rings. The van der Waals surface area contributed by atoms with Crippen molar-refractivity contribution in [2.45, 2.75) is 25.2 Å². The minimum atomic E-state index is -0.164. The summed E-state index contributed by atoms with van der Waals surface area (Å²) in [7, 11) is 1.72. The van der Waals surface area contributed by atoms with Crippen LogP contribution in [0, 0.1) is 0 Å². The van der Waals surface area contributed by atoms with Crippen LogP contribution in [0.4, 0.5) is 0 Å². The fourth-order valence-corrected chi connectivity index (χ4v) is 4.87. The summed E-state index contributed by atoms with van der Waals surface area (Å²) >= 11 is 0. The molecule has 1 aliphatic heterocycles. The van der Waals surface area contributed by atoms with Crippen LogP contribution in [0.15, 0.2) is 55.0 Å². The van der Waals surface area contributed by atoms with Crippen LogP contribution >= 0.6 is 0 Å². The van der Waals surface area contributed by atoms with E-state index >= 15 is 0 Å². The van der Waals surface area contributed by atoms with E-state index in [-0.39, 0.29) is 18.1 Å². The average Bonchev–Trinajstić information content (AvgIpc) is 3.53. The first-order valence-corrected chi connectivity index (χ1v) is 12.1. The lowest BCUT2D eigenvalue weighted by Gasteiger charge is -2.26. The number of hydrogen-bond acceptors (Lipinski definition) is 5. The van der Waals surface area contributed by atoms with Crippen molar-refractivity contribution in [1.82, 2.24) is 24.1 Å². The molecule has 6 rings (SSSR count). The summed E-state index contributed by atoms with van der Waals surface area (Å²) in [5.74, 6) is 0.192. The van der Waals surface area contributed by atoms with Gasteiger partial charge in [0.2, 0.25) is 0 Å². The third kappa shape index (κ3) is 4.14. The third-order valence-electron chi connectivity index (χ3n) is 6.88. The molecular formula is C27H27N5O3. The first-order valence-electron chi connectivity index (χ1n) is 12.1. The maximum Gasteiger partial charge on any atom is 0.257 e. The Morgan fingerprint density at radius 1 is 1.09 bits per heavy atom. The van der Waals surface area contributed by atoms with Crippen LogP contribution in [0.1, 0.15) is 50.7 Å². The largest absolute Gasteiger partial charge is 0.378 e. The summed E-state index contributed by atoms with van der Waals surface area (Å²) in [5.41, 5.74) is 5.65. The van der Waals surface area contributed by atoms with Crippen molar-refractivity contribution in [3.05, 3.63) is 77.4 Å². The highest BCUT2D eigenvalue weighted by molar-refractivity contribution is 6.07. The van der Waals surface area contributed by atoms with Crippen molar-refractivity contribution in [2.24, 2.45) is 7.05 Å². The number of aryl methyl sites for hydroxylation is 1. The molecule has 8 heteroatoms. The Hall–Kier alpha value is -3.78. The quantitative estimate of drug-likeness (QED) is 0.404. The predicted octanol–water partition coefficient (Wildman–Crippen LogP) is 3.51. The minimum Gasteiger partial charge on any atom is -0.378 e. The van der Waals surface area contributed by atoms with E-state index in [0.29, 0.717) is 43.5 Å². The van der Waals surface area contributed by atoms with Gasteiger partial charge in [0.25, 0.3) is 5.91 Å². The van der Waals surface area contributed by atoms with E-state index in [1.807, 2.05) is 42.6 Å². The van der Waals surface area contributed by atoms with Gasteiger partial charge in [-0.05, 0) is 36.0 Å². The van der Waals surface area contributed by atoms with Crippen LogP contribution in [0.5, 0.6) is 0 Å². The van der Waals surface area contributed by atoms with E-state index in [2.05, 4.69) is 15.7 Å². The van der Waals surface area contributed by atoms with Crippen molar-refractivity contribution in [1.29, 1.82) is 0 Å². The molecule has 0 bridgehead atoms. The lowest BCUT2D eigenvalue weighted by molar-refractivity contribution is 0.0301. The van der Waals surface area contributed by atoms with E-state index < -0.39 is 0 Å². The number of ketones is 1. The van der Waals surface area contributed by atoms with E-state index in [4.69, 9.17) is 9.72 Å². The van der Waals surface area contributed by atoms with Crippen molar-refractivity contribution in [2.75, 3.05) is 26.3 Å². The summed E-state index contributed by atoms with van der Waals surface area (Å²) in [6.07, 6.45) is 8.13. The number of nitrogens with zero attached hydrogens (tertiary/aromatic N) is 5. The Morgan fingerprint density at radius 2 is 1.86 bits per heavy atom. The molecule has 1 saturated heterocycles. The zero-order valence-corrected chi connectivity index (χ0v) is 19.7. The average molecular weight is 470 g/mol. The summed E-state index contributed by atoms with van der Waals surface area (Å²) in [6.45, 7) is 2.06. The Labute approximate surface area is 203 Å². The molecule has 0 atom stereocenters. The lowest BCUT2D eigenvalue weighted by atomic mass is 9.98. The van der Waals surface area contributed by atoms with Crippen molar-refractivity contribution in [3.63, 3.8) is 0 Å². The first kappa shape index (κ1) is 21.7. The molecular weight excluding hydrogens is 442 g/mol. The van der Waals surface area contributed by atoms with E-state index in [0.717, 1.165) is 35.3 Å². The van der Waals surface area contributed by atoms with Crippen LogP contribution in [0.3, 0.4) is 0 Å². The van der Waals surface area contributed by atoms with Crippen molar-refractivity contribution < 1.29 is 14.3 Å². The van der Waals surface area contributed by atoms with Gasteiger partial charge in [-0.1, -0.05) is 30.3 Å². The van der Waals surface area contributed by atoms with Crippen LogP contribution in [0.2, 0.25) is 0 Å². The number of carbonyl (C=O) groups excluding carboxylic acids is 2. The number of hydrogen-bond donors (Lipinski definition) is 0. The van der Waals surface area contributed by atoms with Crippen LogP contribution in [0.25, 0.3) is 16.9 Å². The maximum absolute atomic E-state index is 13.6. The fourth-order valence-electron chi connectivity index (χ4n) is 4.87. The van der Waals surface area contributed by atoms with Crippen LogP contribution in [-0.4, -0.2) is 62.1 Å². The highest BCUT2D eigenvalue weighted by atomic mass is 16.5. The topological polar surface area (TPSA) is 81.7 Å². The highest BCUT2D eigenvalue weighted by Crippen LogP contribution is 2.42. The van der Waals surface area contributed by atoms with Gasteiger partial charge < -0.3 is 14.0 Å². The SMILES string of the molecule is Cn1ncc(C(=O)N2CCOCC2)c1C(=O)Cc1cc2nc(-c3ccccc3)cn2cc1C1CC1. The molecule has 3 aromatic heterocycles. The van der Waals surface area contributed by atoms with Gasteiger partial charge in [-0.2, -0.15) is 5.10 Å². The number of imidazole rings is 1. The number of pyridine rings is 1. The second-order valence-electron chi connectivity index (χ2n) is 9.32. The molecule has 2 aliphatic rings. The van der Waals surface area contributed by atoms with Gasteiger partial charge in [0.15, 0.2) is 5.78 Å². The van der Waals surface area contributed by atoms with Gasteiger partial charge in [-0.25, -0.2) is 4.98 Å². The standard InChI is InChI=1S/C27H27N5O3/c1-30-26(21(15-28-30)27(34)31-9-11-35-12-10-31)24(33)13-20-14-25-29-23(19-5-3-2-4-6-19)17-32(25)16-22(20)18-7-8-18/h2-6,14-18H,7-13H2,1H3. The molecule has 2 fully saturated rings. The Kier molecular flexibility index (Phi) is 5.45. The molecule has 1 amide bonds. The summed E-state index contributed by atoms with van der Waals surface area (Å²) < 4.78 is 8.94. The molecule has 0 spiro atoms. The number of amides is 1. The van der Waals surface area contributed by atoms with Crippen LogP contribution in [-0.2, 0) is 18.2 Å². The molecule has 0 unspecified atom stereocenters. The number of ether oxygens (including phenoxy) is 1. The molecule has 8 nitrogen and oxygen atoms in total. The van der Waals surface area contributed by atoms with E-state index in [1.165, 1.54) is 16.4 Å². The number of benzene rings is 1. The number of carbonyl (C=O) groups is 2. The molecule has 1 aromatic carbocycles. The third-order valence-corrected chi connectivity index (χ3v) is 6.88. The van der Waals surface area contributed by atoms with E-state index in [9.17, 15) is 9.59 Å². The van der Waals surface area contributed by atoms with Gasteiger partial charge in [0, 0.05) is 44.5 Å². The second-order valence-corrected chi connectivity index (χ2v) is 9.32. The zero-order chi connectivity index (χ0) is 23.9. The monoisotopic (exact) mass is 469 g/mol. The minimum absolute atomic E-state index is 0.109. The Balaban J connectivity index is 1.33. The van der Waals surface area contributed by atoms with Gasteiger partial charge in [0.1, 0.15) is 11.3 Å². The highest BCUT2D eigenvalue weighted by Gasteiger charge is 2.30. The summed E-state index contributed by atoms with van der Waals surface area (Å²) in [6, 6.07) is 12.1.